The van der Waals surface area contributed by atoms with Gasteiger partial charge in [-0.3, -0.25) is 0 Å². The Balaban J connectivity index is 1.81. The van der Waals surface area contributed by atoms with Crippen LogP contribution in [0.1, 0.15) is 39.5 Å². The Hall–Kier alpha value is -0.0800. The molecule has 88 valence electrons. The molecular formula is C13H26N2. The van der Waals surface area contributed by atoms with Crippen molar-refractivity contribution in [1.82, 2.24) is 10.2 Å². The van der Waals surface area contributed by atoms with E-state index in [2.05, 4.69) is 24.1 Å². The van der Waals surface area contributed by atoms with Crippen molar-refractivity contribution in [2.75, 3.05) is 26.2 Å². The highest BCUT2D eigenvalue weighted by Gasteiger charge is 2.27. The topological polar surface area (TPSA) is 15.3 Å². The minimum Gasteiger partial charge on any atom is -0.317 e. The predicted octanol–water partition coefficient (Wildman–Crippen LogP) is 2.11. The first kappa shape index (κ1) is 11.4. The van der Waals surface area contributed by atoms with E-state index in [-0.39, 0.29) is 0 Å². The van der Waals surface area contributed by atoms with Crippen molar-refractivity contribution in [3.8, 4) is 0 Å². The number of hydrogen-bond donors (Lipinski definition) is 1. The van der Waals surface area contributed by atoms with Gasteiger partial charge in [-0.25, -0.2) is 0 Å². The third kappa shape index (κ3) is 2.94. The number of hydrogen-bond acceptors (Lipinski definition) is 2. The SMILES string of the molecule is CC1CCN(C(C)C2CCNCC2)CC1. The lowest BCUT2D eigenvalue weighted by Gasteiger charge is -2.40. The quantitative estimate of drug-likeness (QED) is 0.751. The number of likely N-dealkylation sites (tertiary alicyclic amines) is 1. The first-order chi connectivity index (χ1) is 7.27. The van der Waals surface area contributed by atoms with E-state index < -0.39 is 0 Å². The standard InChI is InChI=1S/C13H26N2/c1-11-5-9-15(10-6-11)12(2)13-3-7-14-8-4-13/h11-14H,3-10H2,1-2H3. The van der Waals surface area contributed by atoms with Gasteiger partial charge in [0.2, 0.25) is 0 Å². The number of nitrogens with one attached hydrogen (secondary N) is 1. The first-order valence-electron chi connectivity index (χ1n) is 6.72. The van der Waals surface area contributed by atoms with Crippen LogP contribution in [0, 0.1) is 11.8 Å². The zero-order valence-corrected chi connectivity index (χ0v) is 10.3. The normalized spacial score (nSPS) is 29.2. The molecule has 2 rings (SSSR count). The van der Waals surface area contributed by atoms with E-state index in [1.165, 1.54) is 51.9 Å². The Bertz CT molecular complexity index is 179. The van der Waals surface area contributed by atoms with Gasteiger partial charge in [-0.15, -0.1) is 0 Å². The van der Waals surface area contributed by atoms with Crippen molar-refractivity contribution in [3.63, 3.8) is 0 Å². The molecule has 2 fully saturated rings. The molecule has 15 heavy (non-hydrogen) atoms. The summed E-state index contributed by atoms with van der Waals surface area (Å²) >= 11 is 0. The van der Waals surface area contributed by atoms with Crippen LogP contribution in [0.25, 0.3) is 0 Å². The van der Waals surface area contributed by atoms with Crippen LogP contribution in [-0.4, -0.2) is 37.1 Å². The van der Waals surface area contributed by atoms with Crippen molar-refractivity contribution in [2.45, 2.75) is 45.6 Å². The van der Waals surface area contributed by atoms with Gasteiger partial charge in [0.25, 0.3) is 0 Å². The fourth-order valence-electron chi connectivity index (χ4n) is 3.06. The van der Waals surface area contributed by atoms with E-state index in [1.54, 1.807) is 0 Å². The van der Waals surface area contributed by atoms with Gasteiger partial charge < -0.3 is 10.2 Å². The van der Waals surface area contributed by atoms with Crippen LogP contribution in [0.15, 0.2) is 0 Å². The molecule has 0 radical (unpaired) electrons. The Kier molecular flexibility index (Phi) is 4.04. The molecule has 0 bridgehead atoms. The fraction of sp³-hybridized carbons (Fsp3) is 1.00. The molecule has 1 unspecified atom stereocenters. The van der Waals surface area contributed by atoms with Crippen LogP contribution < -0.4 is 5.32 Å². The highest BCUT2D eigenvalue weighted by Crippen LogP contribution is 2.25. The highest BCUT2D eigenvalue weighted by molar-refractivity contribution is 4.82. The summed E-state index contributed by atoms with van der Waals surface area (Å²) in [6, 6.07) is 0.819. The number of nitrogens with zero attached hydrogens (tertiary/aromatic N) is 1. The van der Waals surface area contributed by atoms with E-state index in [1.807, 2.05) is 0 Å². The second-order valence-corrected chi connectivity index (χ2v) is 5.55. The summed E-state index contributed by atoms with van der Waals surface area (Å²) in [5.74, 6) is 1.90. The Morgan fingerprint density at radius 2 is 1.67 bits per heavy atom. The zero-order chi connectivity index (χ0) is 10.7. The molecule has 0 aromatic heterocycles. The van der Waals surface area contributed by atoms with Crippen LogP contribution in [0.2, 0.25) is 0 Å². The van der Waals surface area contributed by atoms with Crippen molar-refractivity contribution < 1.29 is 0 Å². The molecule has 0 spiro atoms. The lowest BCUT2D eigenvalue weighted by Crippen LogP contribution is -2.46. The maximum atomic E-state index is 3.46. The van der Waals surface area contributed by atoms with E-state index in [0.717, 1.165) is 17.9 Å². The van der Waals surface area contributed by atoms with E-state index in [4.69, 9.17) is 0 Å². The molecule has 0 aliphatic carbocycles. The molecule has 0 saturated carbocycles. The van der Waals surface area contributed by atoms with Crippen LogP contribution in [0.4, 0.5) is 0 Å². The lowest BCUT2D eigenvalue weighted by molar-refractivity contribution is 0.0958. The number of rotatable bonds is 2. The van der Waals surface area contributed by atoms with Gasteiger partial charge >= 0.3 is 0 Å². The molecular weight excluding hydrogens is 184 g/mol. The Labute approximate surface area is 94.4 Å². The van der Waals surface area contributed by atoms with E-state index in [9.17, 15) is 0 Å². The molecule has 2 aliphatic rings. The van der Waals surface area contributed by atoms with E-state index in [0.29, 0.717) is 0 Å². The van der Waals surface area contributed by atoms with Crippen LogP contribution in [-0.2, 0) is 0 Å². The van der Waals surface area contributed by atoms with Crippen molar-refractivity contribution in [1.29, 1.82) is 0 Å². The van der Waals surface area contributed by atoms with Crippen molar-refractivity contribution >= 4 is 0 Å². The second kappa shape index (κ2) is 5.31. The van der Waals surface area contributed by atoms with Crippen LogP contribution in [0.5, 0.6) is 0 Å². The lowest BCUT2D eigenvalue weighted by atomic mass is 9.88. The van der Waals surface area contributed by atoms with Gasteiger partial charge in [-0.05, 0) is 70.6 Å². The van der Waals surface area contributed by atoms with Crippen LogP contribution >= 0.6 is 0 Å². The molecule has 2 saturated heterocycles. The fourth-order valence-corrected chi connectivity index (χ4v) is 3.06. The molecule has 2 heterocycles. The smallest absolute Gasteiger partial charge is 0.00961 e. The molecule has 2 heteroatoms. The summed E-state index contributed by atoms with van der Waals surface area (Å²) in [7, 11) is 0. The number of piperidine rings is 2. The average molecular weight is 210 g/mol. The third-order valence-electron chi connectivity index (χ3n) is 4.46. The molecule has 0 amide bonds. The van der Waals surface area contributed by atoms with Gasteiger partial charge in [0.15, 0.2) is 0 Å². The second-order valence-electron chi connectivity index (χ2n) is 5.55. The van der Waals surface area contributed by atoms with Gasteiger partial charge in [0.1, 0.15) is 0 Å². The summed E-state index contributed by atoms with van der Waals surface area (Å²) in [6.45, 7) is 10.00. The van der Waals surface area contributed by atoms with Crippen LogP contribution in [0.3, 0.4) is 0 Å². The summed E-state index contributed by atoms with van der Waals surface area (Å²) in [4.78, 5) is 2.73. The highest BCUT2D eigenvalue weighted by atomic mass is 15.2. The first-order valence-corrected chi connectivity index (χ1v) is 6.72. The van der Waals surface area contributed by atoms with Crippen molar-refractivity contribution in [2.24, 2.45) is 11.8 Å². The molecule has 2 nitrogen and oxygen atoms in total. The van der Waals surface area contributed by atoms with Crippen molar-refractivity contribution in [3.05, 3.63) is 0 Å². The predicted molar refractivity (Wildman–Crippen MR) is 65.0 cm³/mol. The van der Waals surface area contributed by atoms with Gasteiger partial charge in [0, 0.05) is 6.04 Å². The summed E-state index contributed by atoms with van der Waals surface area (Å²) in [5, 5.41) is 3.46. The zero-order valence-electron chi connectivity index (χ0n) is 10.3. The Morgan fingerprint density at radius 3 is 2.27 bits per heavy atom. The minimum absolute atomic E-state index is 0.819. The monoisotopic (exact) mass is 210 g/mol. The maximum absolute atomic E-state index is 3.46. The minimum atomic E-state index is 0.819. The molecule has 1 N–H and O–H groups in total. The Morgan fingerprint density at radius 1 is 1.07 bits per heavy atom. The maximum Gasteiger partial charge on any atom is 0.00961 e. The average Bonchev–Trinajstić information content (AvgIpc) is 2.30. The third-order valence-corrected chi connectivity index (χ3v) is 4.46. The van der Waals surface area contributed by atoms with Gasteiger partial charge in [-0.2, -0.15) is 0 Å². The molecule has 0 aromatic rings. The summed E-state index contributed by atoms with van der Waals surface area (Å²) in [6.07, 6.45) is 5.59. The molecule has 1 atom stereocenters. The van der Waals surface area contributed by atoms with Gasteiger partial charge in [0.05, 0.1) is 0 Å². The largest absolute Gasteiger partial charge is 0.317 e. The van der Waals surface area contributed by atoms with Gasteiger partial charge in [-0.1, -0.05) is 6.92 Å². The van der Waals surface area contributed by atoms with E-state index >= 15 is 0 Å². The summed E-state index contributed by atoms with van der Waals surface area (Å²) in [5.41, 5.74) is 0. The molecule has 2 aliphatic heterocycles. The summed E-state index contributed by atoms with van der Waals surface area (Å²) < 4.78 is 0. The molecule has 0 aromatic carbocycles.